The van der Waals surface area contributed by atoms with Crippen LogP contribution >= 0.6 is 0 Å². The molecule has 31 heavy (non-hydrogen) atoms. The zero-order valence-corrected chi connectivity index (χ0v) is 17.0. The van der Waals surface area contributed by atoms with E-state index in [2.05, 4.69) is 20.2 Å². The van der Waals surface area contributed by atoms with E-state index in [1.165, 1.54) is 6.08 Å². The van der Waals surface area contributed by atoms with Gasteiger partial charge in [-0.15, -0.1) is 0 Å². The number of hydrogen-bond acceptors (Lipinski definition) is 6. The summed E-state index contributed by atoms with van der Waals surface area (Å²) in [5.74, 6) is 1.15. The number of carbonyl (C=O) groups excluding carboxylic acids is 2. The fraction of sp³-hybridized carbons (Fsp3) is 0.217. The molecule has 4 rings (SSSR count). The molecule has 0 aliphatic carbocycles. The van der Waals surface area contributed by atoms with E-state index in [4.69, 9.17) is 4.42 Å². The van der Waals surface area contributed by atoms with Gasteiger partial charge in [-0.25, -0.2) is 9.97 Å². The third-order valence-electron chi connectivity index (χ3n) is 4.99. The number of carbonyl (C=O) groups is 2. The van der Waals surface area contributed by atoms with Crippen molar-refractivity contribution in [1.29, 1.82) is 0 Å². The third-order valence-corrected chi connectivity index (χ3v) is 4.99. The molecule has 0 saturated carbocycles. The average Bonchev–Trinajstić information content (AvgIpc) is 3.33. The standard InChI is InChI=1S/C23H23N5O3/c29-21(9-8-20-3-1-16-31-20)26-19-6-4-18(5-7-19)17-22(30)27-12-14-28(15-13-27)23-24-10-2-11-25-23/h1-11,16H,12-15,17H2,(H,26,29). The van der Waals surface area contributed by atoms with Gasteiger partial charge >= 0.3 is 0 Å². The van der Waals surface area contributed by atoms with Gasteiger partial charge in [0.05, 0.1) is 12.7 Å². The number of anilines is 2. The van der Waals surface area contributed by atoms with Crippen LogP contribution in [0, 0.1) is 0 Å². The number of nitrogens with zero attached hydrogens (tertiary/aromatic N) is 4. The first-order valence-electron chi connectivity index (χ1n) is 10.1. The zero-order valence-electron chi connectivity index (χ0n) is 17.0. The smallest absolute Gasteiger partial charge is 0.248 e. The molecule has 8 nitrogen and oxygen atoms in total. The van der Waals surface area contributed by atoms with Gasteiger partial charge in [0.15, 0.2) is 0 Å². The molecule has 158 valence electrons. The predicted molar refractivity (Wildman–Crippen MR) is 117 cm³/mol. The summed E-state index contributed by atoms with van der Waals surface area (Å²) in [4.78, 5) is 37.1. The highest BCUT2D eigenvalue weighted by molar-refractivity contribution is 6.01. The van der Waals surface area contributed by atoms with Crippen LogP contribution in [0.5, 0.6) is 0 Å². The molecular weight excluding hydrogens is 394 g/mol. The molecule has 3 heterocycles. The van der Waals surface area contributed by atoms with Gasteiger partial charge in [0.2, 0.25) is 17.8 Å². The summed E-state index contributed by atoms with van der Waals surface area (Å²) < 4.78 is 5.15. The minimum atomic E-state index is -0.250. The Labute approximate surface area is 180 Å². The number of aromatic nitrogens is 2. The molecule has 1 aliphatic heterocycles. The lowest BCUT2D eigenvalue weighted by Gasteiger charge is -2.34. The summed E-state index contributed by atoms with van der Waals surface area (Å²) in [5, 5.41) is 2.79. The molecule has 1 aromatic carbocycles. The topological polar surface area (TPSA) is 91.6 Å². The number of rotatable bonds is 6. The van der Waals surface area contributed by atoms with E-state index in [1.54, 1.807) is 55.1 Å². The van der Waals surface area contributed by atoms with E-state index in [1.807, 2.05) is 17.0 Å². The van der Waals surface area contributed by atoms with Crippen LogP contribution < -0.4 is 10.2 Å². The summed E-state index contributed by atoms with van der Waals surface area (Å²) in [6, 6.07) is 12.6. The Bertz CT molecular complexity index is 1020. The lowest BCUT2D eigenvalue weighted by Crippen LogP contribution is -2.49. The molecule has 8 heteroatoms. The van der Waals surface area contributed by atoms with Crippen molar-refractivity contribution in [3.05, 3.63) is 78.5 Å². The summed E-state index contributed by atoms with van der Waals surface area (Å²) >= 11 is 0. The minimum Gasteiger partial charge on any atom is -0.465 e. The van der Waals surface area contributed by atoms with E-state index in [9.17, 15) is 9.59 Å². The summed E-state index contributed by atoms with van der Waals surface area (Å²) in [6.07, 6.45) is 8.34. The normalized spacial score (nSPS) is 14.1. The SMILES string of the molecule is O=C(C=Cc1ccco1)Nc1ccc(CC(=O)N2CCN(c3ncccn3)CC2)cc1. The summed E-state index contributed by atoms with van der Waals surface area (Å²) in [5.41, 5.74) is 1.57. The van der Waals surface area contributed by atoms with Crippen molar-refractivity contribution in [2.45, 2.75) is 6.42 Å². The van der Waals surface area contributed by atoms with Crippen molar-refractivity contribution in [3.8, 4) is 0 Å². The van der Waals surface area contributed by atoms with Crippen LogP contribution in [-0.2, 0) is 16.0 Å². The van der Waals surface area contributed by atoms with E-state index in [0.29, 0.717) is 50.0 Å². The lowest BCUT2D eigenvalue weighted by atomic mass is 10.1. The Morgan fingerprint density at radius 2 is 1.74 bits per heavy atom. The number of amides is 2. The first-order valence-corrected chi connectivity index (χ1v) is 10.1. The predicted octanol–water partition coefficient (Wildman–Crippen LogP) is 2.61. The molecule has 2 amide bonds. The zero-order chi connectivity index (χ0) is 21.5. The number of benzene rings is 1. The third kappa shape index (κ3) is 5.57. The van der Waals surface area contributed by atoms with Gasteiger partial charge in [0.25, 0.3) is 0 Å². The van der Waals surface area contributed by atoms with Crippen LogP contribution in [0.4, 0.5) is 11.6 Å². The molecule has 0 radical (unpaired) electrons. The summed E-state index contributed by atoms with van der Waals surface area (Å²) in [6.45, 7) is 2.72. The van der Waals surface area contributed by atoms with Crippen molar-refractivity contribution in [3.63, 3.8) is 0 Å². The Balaban J connectivity index is 1.25. The van der Waals surface area contributed by atoms with Crippen molar-refractivity contribution < 1.29 is 14.0 Å². The maximum absolute atomic E-state index is 12.7. The van der Waals surface area contributed by atoms with Crippen molar-refractivity contribution in [1.82, 2.24) is 14.9 Å². The molecule has 1 fully saturated rings. The molecule has 2 aromatic heterocycles. The first-order chi connectivity index (χ1) is 15.2. The van der Waals surface area contributed by atoms with E-state index < -0.39 is 0 Å². The molecule has 1 saturated heterocycles. The quantitative estimate of drug-likeness (QED) is 0.620. The Morgan fingerprint density at radius 1 is 1.00 bits per heavy atom. The first kappa shape index (κ1) is 20.3. The monoisotopic (exact) mass is 417 g/mol. The molecule has 0 unspecified atom stereocenters. The number of furan rings is 1. The van der Waals surface area contributed by atoms with E-state index >= 15 is 0 Å². The van der Waals surface area contributed by atoms with Gasteiger partial charge in [0.1, 0.15) is 5.76 Å². The van der Waals surface area contributed by atoms with Crippen LogP contribution in [0.25, 0.3) is 6.08 Å². The van der Waals surface area contributed by atoms with Crippen LogP contribution in [0.15, 0.2) is 71.6 Å². The lowest BCUT2D eigenvalue weighted by molar-refractivity contribution is -0.130. The highest BCUT2D eigenvalue weighted by atomic mass is 16.3. The van der Waals surface area contributed by atoms with E-state index in [0.717, 1.165) is 5.56 Å². The molecule has 3 aromatic rings. The minimum absolute atomic E-state index is 0.0896. The van der Waals surface area contributed by atoms with Crippen molar-refractivity contribution >= 4 is 29.5 Å². The molecule has 0 spiro atoms. The van der Waals surface area contributed by atoms with Crippen molar-refractivity contribution in [2.24, 2.45) is 0 Å². The van der Waals surface area contributed by atoms with Crippen molar-refractivity contribution in [2.75, 3.05) is 36.4 Å². The Kier molecular flexibility index (Phi) is 6.37. The molecule has 1 N–H and O–H groups in total. The van der Waals surface area contributed by atoms with Crippen LogP contribution in [0.1, 0.15) is 11.3 Å². The van der Waals surface area contributed by atoms with Gasteiger partial charge in [-0.2, -0.15) is 0 Å². The van der Waals surface area contributed by atoms with Crippen LogP contribution in [0.2, 0.25) is 0 Å². The Hall–Kier alpha value is -3.94. The second kappa shape index (κ2) is 9.71. The van der Waals surface area contributed by atoms with Crippen LogP contribution in [-0.4, -0.2) is 52.9 Å². The van der Waals surface area contributed by atoms with E-state index in [-0.39, 0.29) is 11.8 Å². The van der Waals surface area contributed by atoms with Gasteiger partial charge in [0, 0.05) is 50.3 Å². The highest BCUT2D eigenvalue weighted by Crippen LogP contribution is 2.14. The number of hydrogen-bond donors (Lipinski definition) is 1. The fourth-order valence-electron chi connectivity index (χ4n) is 3.33. The van der Waals surface area contributed by atoms with Gasteiger partial charge in [-0.3, -0.25) is 9.59 Å². The average molecular weight is 417 g/mol. The second-order valence-electron chi connectivity index (χ2n) is 7.13. The largest absolute Gasteiger partial charge is 0.465 e. The van der Waals surface area contributed by atoms with Crippen LogP contribution in [0.3, 0.4) is 0 Å². The molecular formula is C23H23N5O3. The molecule has 0 atom stereocenters. The second-order valence-corrected chi connectivity index (χ2v) is 7.13. The number of nitrogens with one attached hydrogen (secondary N) is 1. The van der Waals surface area contributed by atoms with Gasteiger partial charge < -0.3 is 19.5 Å². The Morgan fingerprint density at radius 3 is 2.42 bits per heavy atom. The summed E-state index contributed by atoms with van der Waals surface area (Å²) in [7, 11) is 0. The molecule has 0 bridgehead atoms. The number of piperazine rings is 1. The highest BCUT2D eigenvalue weighted by Gasteiger charge is 2.22. The van der Waals surface area contributed by atoms with Gasteiger partial charge in [-0.05, 0) is 42.0 Å². The van der Waals surface area contributed by atoms with Gasteiger partial charge in [-0.1, -0.05) is 12.1 Å². The maximum atomic E-state index is 12.7. The fourth-order valence-corrected chi connectivity index (χ4v) is 3.33. The maximum Gasteiger partial charge on any atom is 0.248 e. The molecule has 1 aliphatic rings.